The topological polar surface area (TPSA) is 136 Å². The number of anilines is 1. The summed E-state index contributed by atoms with van der Waals surface area (Å²) in [4.78, 5) is 63.1. The molecule has 3 unspecified atom stereocenters. The number of ether oxygens (including phenoxy) is 1. The van der Waals surface area contributed by atoms with Crippen molar-refractivity contribution in [2.45, 2.75) is 39.2 Å². The first-order chi connectivity index (χ1) is 14.7. The molecule has 3 N–H and O–H groups in total. The van der Waals surface area contributed by atoms with Gasteiger partial charge >= 0.3 is 5.97 Å². The number of amides is 4. The van der Waals surface area contributed by atoms with Crippen LogP contribution >= 0.6 is 11.3 Å². The standard InChI is InChI=1S/C21H25N3O6S/c1-11(2)9-15(24-19(27)12-5-3-4-6-13(12)20(24)28)21(29)30-10-16(25)23-18-14(17(22)26)7-8-31-18/h3-4,7-8,11-13,15H,5-6,9-10H2,1-2H3,(H2,22,26)(H,23,25). The van der Waals surface area contributed by atoms with E-state index < -0.39 is 42.3 Å². The number of thiophene rings is 1. The van der Waals surface area contributed by atoms with Crippen molar-refractivity contribution in [1.82, 2.24) is 4.90 Å². The molecule has 1 aliphatic heterocycles. The zero-order valence-electron chi connectivity index (χ0n) is 17.3. The van der Waals surface area contributed by atoms with Crippen LogP contribution in [0.3, 0.4) is 0 Å². The predicted molar refractivity (Wildman–Crippen MR) is 113 cm³/mol. The summed E-state index contributed by atoms with van der Waals surface area (Å²) in [6.07, 6.45) is 4.94. The molecule has 0 bridgehead atoms. The molecular formula is C21H25N3O6S. The van der Waals surface area contributed by atoms with Crippen molar-refractivity contribution in [3.8, 4) is 0 Å². The molecular weight excluding hydrogens is 422 g/mol. The Hall–Kier alpha value is -3.01. The Morgan fingerprint density at radius 3 is 2.35 bits per heavy atom. The molecule has 0 aromatic carbocycles. The number of hydrogen-bond donors (Lipinski definition) is 2. The van der Waals surface area contributed by atoms with Crippen LogP contribution in [-0.4, -0.2) is 47.1 Å². The first-order valence-corrected chi connectivity index (χ1v) is 10.9. The maximum atomic E-state index is 12.9. The van der Waals surface area contributed by atoms with E-state index in [1.165, 1.54) is 6.07 Å². The van der Waals surface area contributed by atoms with E-state index in [0.717, 1.165) is 16.2 Å². The highest BCUT2D eigenvalue weighted by molar-refractivity contribution is 7.14. The number of fused-ring (bicyclic) bond motifs is 1. The second kappa shape index (κ2) is 9.42. The van der Waals surface area contributed by atoms with Crippen molar-refractivity contribution in [3.05, 3.63) is 29.2 Å². The van der Waals surface area contributed by atoms with Gasteiger partial charge in [0.05, 0.1) is 17.4 Å². The highest BCUT2D eigenvalue weighted by Crippen LogP contribution is 2.37. The average molecular weight is 448 g/mol. The second-order valence-corrected chi connectivity index (χ2v) is 8.95. The van der Waals surface area contributed by atoms with Gasteiger partial charge in [-0.1, -0.05) is 26.0 Å². The van der Waals surface area contributed by atoms with Gasteiger partial charge in [-0.25, -0.2) is 4.79 Å². The largest absolute Gasteiger partial charge is 0.454 e. The lowest BCUT2D eigenvalue weighted by molar-refractivity contribution is -0.160. The number of nitrogens with one attached hydrogen (secondary N) is 1. The van der Waals surface area contributed by atoms with Crippen molar-refractivity contribution in [1.29, 1.82) is 0 Å². The SMILES string of the molecule is CC(C)CC(C(=O)OCC(=O)Nc1sccc1C(N)=O)N1C(=O)C2CC=CCC2C1=O. The molecule has 2 heterocycles. The van der Waals surface area contributed by atoms with Crippen LogP contribution in [-0.2, 0) is 23.9 Å². The lowest BCUT2D eigenvalue weighted by atomic mass is 9.85. The minimum absolute atomic E-state index is 0.0111. The number of imide groups is 1. The average Bonchev–Trinajstić information content (AvgIpc) is 3.28. The molecule has 166 valence electrons. The molecule has 1 saturated heterocycles. The quantitative estimate of drug-likeness (QED) is 0.354. The van der Waals surface area contributed by atoms with E-state index in [1.807, 2.05) is 26.0 Å². The van der Waals surface area contributed by atoms with Crippen LogP contribution < -0.4 is 11.1 Å². The van der Waals surface area contributed by atoms with Gasteiger partial charge in [0, 0.05) is 0 Å². The number of nitrogens with two attached hydrogens (primary N) is 1. The van der Waals surface area contributed by atoms with Crippen molar-refractivity contribution in [3.63, 3.8) is 0 Å². The van der Waals surface area contributed by atoms with Gasteiger partial charge in [-0.05, 0) is 36.6 Å². The van der Waals surface area contributed by atoms with E-state index in [1.54, 1.807) is 5.38 Å². The summed E-state index contributed by atoms with van der Waals surface area (Å²) in [5.41, 5.74) is 5.40. The van der Waals surface area contributed by atoms with E-state index >= 15 is 0 Å². The van der Waals surface area contributed by atoms with Crippen molar-refractivity contribution >= 4 is 45.9 Å². The lowest BCUT2D eigenvalue weighted by Gasteiger charge is -2.26. The molecule has 0 saturated carbocycles. The van der Waals surface area contributed by atoms with E-state index in [0.29, 0.717) is 12.8 Å². The summed E-state index contributed by atoms with van der Waals surface area (Å²) < 4.78 is 5.15. The molecule has 0 radical (unpaired) electrons. The van der Waals surface area contributed by atoms with Gasteiger partial charge in [0.25, 0.3) is 11.8 Å². The van der Waals surface area contributed by atoms with Gasteiger partial charge < -0.3 is 15.8 Å². The normalized spacial score (nSPS) is 21.2. The monoisotopic (exact) mass is 447 g/mol. The molecule has 31 heavy (non-hydrogen) atoms. The highest BCUT2D eigenvalue weighted by atomic mass is 32.1. The number of hydrogen-bond acceptors (Lipinski definition) is 7. The van der Waals surface area contributed by atoms with E-state index in [-0.39, 0.29) is 34.7 Å². The number of esters is 1. The fourth-order valence-corrected chi connectivity index (χ4v) is 4.69. The van der Waals surface area contributed by atoms with Gasteiger partial charge in [0.15, 0.2) is 6.61 Å². The Morgan fingerprint density at radius 2 is 1.81 bits per heavy atom. The first-order valence-electron chi connectivity index (χ1n) is 10.1. The summed E-state index contributed by atoms with van der Waals surface area (Å²) in [5, 5.41) is 4.34. The fourth-order valence-electron chi connectivity index (χ4n) is 3.88. The van der Waals surface area contributed by atoms with Crippen LogP contribution in [0.15, 0.2) is 23.6 Å². The third-order valence-electron chi connectivity index (χ3n) is 5.35. The number of rotatable bonds is 8. The Balaban J connectivity index is 1.67. The van der Waals surface area contributed by atoms with Gasteiger partial charge in [0.1, 0.15) is 11.0 Å². The fraction of sp³-hybridized carbons (Fsp3) is 0.476. The zero-order chi connectivity index (χ0) is 22.7. The molecule has 10 heteroatoms. The maximum absolute atomic E-state index is 12.9. The summed E-state index contributed by atoms with van der Waals surface area (Å²) >= 11 is 1.11. The smallest absolute Gasteiger partial charge is 0.329 e. The van der Waals surface area contributed by atoms with Gasteiger partial charge in [-0.2, -0.15) is 0 Å². The maximum Gasteiger partial charge on any atom is 0.329 e. The van der Waals surface area contributed by atoms with Crippen molar-refractivity contribution in [2.75, 3.05) is 11.9 Å². The Bertz CT molecular complexity index is 911. The molecule has 3 atom stereocenters. The third-order valence-corrected chi connectivity index (χ3v) is 6.18. The van der Waals surface area contributed by atoms with Gasteiger partial charge in [0.2, 0.25) is 11.8 Å². The highest BCUT2D eigenvalue weighted by Gasteiger charge is 2.51. The van der Waals surface area contributed by atoms with Crippen LogP contribution in [0.2, 0.25) is 0 Å². The predicted octanol–water partition coefficient (Wildman–Crippen LogP) is 1.69. The van der Waals surface area contributed by atoms with Crippen molar-refractivity contribution < 1.29 is 28.7 Å². The van der Waals surface area contributed by atoms with E-state index in [4.69, 9.17) is 10.5 Å². The Kier molecular flexibility index (Phi) is 6.89. The minimum atomic E-state index is -1.08. The zero-order valence-corrected chi connectivity index (χ0v) is 18.1. The number of nitrogens with zero attached hydrogens (tertiary/aromatic N) is 1. The van der Waals surface area contributed by atoms with Crippen LogP contribution in [0.4, 0.5) is 5.00 Å². The van der Waals surface area contributed by atoms with Crippen LogP contribution in [0.1, 0.15) is 43.5 Å². The van der Waals surface area contributed by atoms with E-state index in [2.05, 4.69) is 5.32 Å². The van der Waals surface area contributed by atoms with Crippen LogP contribution in [0.5, 0.6) is 0 Å². The number of primary amides is 1. The summed E-state index contributed by atoms with van der Waals surface area (Å²) in [6.45, 7) is 3.12. The molecule has 1 fully saturated rings. The molecule has 3 rings (SSSR count). The minimum Gasteiger partial charge on any atom is -0.454 e. The Labute approximate surface area is 183 Å². The summed E-state index contributed by atoms with van der Waals surface area (Å²) in [5.74, 6) is -3.77. The number of allylic oxidation sites excluding steroid dienone is 2. The van der Waals surface area contributed by atoms with E-state index in [9.17, 15) is 24.0 Å². The third kappa shape index (κ3) is 4.84. The molecule has 1 aliphatic carbocycles. The van der Waals surface area contributed by atoms with Crippen molar-refractivity contribution in [2.24, 2.45) is 23.5 Å². The number of carbonyl (C=O) groups is 5. The number of likely N-dealkylation sites (tertiary alicyclic amines) is 1. The number of carbonyl (C=O) groups excluding carboxylic acids is 5. The van der Waals surface area contributed by atoms with Gasteiger partial charge in [-0.3, -0.25) is 24.1 Å². The lowest BCUT2D eigenvalue weighted by Crippen LogP contribution is -2.47. The first kappa shape index (κ1) is 22.7. The molecule has 0 spiro atoms. The molecule has 9 nitrogen and oxygen atoms in total. The summed E-state index contributed by atoms with van der Waals surface area (Å²) in [6, 6.07) is 0.396. The van der Waals surface area contributed by atoms with Crippen LogP contribution in [0.25, 0.3) is 0 Å². The summed E-state index contributed by atoms with van der Waals surface area (Å²) in [7, 11) is 0. The molecule has 1 aromatic rings. The van der Waals surface area contributed by atoms with Crippen LogP contribution in [0, 0.1) is 17.8 Å². The molecule has 2 aliphatic rings. The second-order valence-electron chi connectivity index (χ2n) is 8.03. The van der Waals surface area contributed by atoms with Gasteiger partial charge in [-0.15, -0.1) is 11.3 Å². The molecule has 1 aromatic heterocycles. The Morgan fingerprint density at radius 1 is 1.19 bits per heavy atom. The molecule has 4 amide bonds.